The molecule has 0 aromatic heterocycles. The summed E-state index contributed by atoms with van der Waals surface area (Å²) in [6.07, 6.45) is 5.79. The minimum atomic E-state index is -0.526. The van der Waals surface area contributed by atoms with Gasteiger partial charge in [0.1, 0.15) is 6.04 Å². The Kier molecular flexibility index (Phi) is 11.8. The van der Waals surface area contributed by atoms with Gasteiger partial charge in [-0.3, -0.25) is 9.59 Å². The molecule has 0 saturated carbocycles. The van der Waals surface area contributed by atoms with Gasteiger partial charge in [0.15, 0.2) is 0 Å². The van der Waals surface area contributed by atoms with Crippen molar-refractivity contribution in [3.05, 3.63) is 0 Å². The van der Waals surface area contributed by atoms with E-state index in [0.29, 0.717) is 12.3 Å². The average Bonchev–Trinajstić information content (AvgIpc) is 2.46. The Hall–Kier alpha value is -1.22. The van der Waals surface area contributed by atoms with Crippen LogP contribution in [0.1, 0.15) is 46.0 Å². The number of thioether (sulfide) groups is 1. The van der Waals surface area contributed by atoms with Gasteiger partial charge in [-0.15, -0.1) is 0 Å². The fourth-order valence-corrected chi connectivity index (χ4v) is 2.68. The lowest BCUT2D eigenvalue weighted by Gasteiger charge is -2.21. The third kappa shape index (κ3) is 8.61. The standard InChI is InChI=1S/C15H27N3O2S/c1-4-7-12(8-5-2)14(19)18-13(11-21-3)15(20)17-10-6-9-16/h12-13H,4-8,10-11H2,1-3H3,(H,17,20)(H,18,19). The second kappa shape index (κ2) is 12.5. The molecule has 1 unspecified atom stereocenters. The predicted octanol–water partition coefficient (Wildman–Crippen LogP) is 2.08. The number of amides is 2. The van der Waals surface area contributed by atoms with E-state index >= 15 is 0 Å². The van der Waals surface area contributed by atoms with Crippen LogP contribution in [-0.2, 0) is 9.59 Å². The van der Waals surface area contributed by atoms with Crippen molar-refractivity contribution in [1.29, 1.82) is 5.26 Å². The minimum Gasteiger partial charge on any atom is -0.353 e. The zero-order chi connectivity index (χ0) is 16.1. The summed E-state index contributed by atoms with van der Waals surface area (Å²) in [5.41, 5.74) is 0. The molecule has 0 radical (unpaired) electrons. The molecule has 5 nitrogen and oxygen atoms in total. The number of hydrogen-bond acceptors (Lipinski definition) is 4. The summed E-state index contributed by atoms with van der Waals surface area (Å²) in [5.74, 6) is 0.277. The first-order chi connectivity index (χ1) is 10.1. The van der Waals surface area contributed by atoms with Gasteiger partial charge in [-0.05, 0) is 19.1 Å². The number of carbonyl (C=O) groups is 2. The van der Waals surface area contributed by atoms with Gasteiger partial charge in [0.2, 0.25) is 11.8 Å². The first-order valence-electron chi connectivity index (χ1n) is 7.54. The van der Waals surface area contributed by atoms with Crippen LogP contribution < -0.4 is 10.6 Å². The van der Waals surface area contributed by atoms with E-state index in [-0.39, 0.29) is 24.2 Å². The Bertz CT molecular complexity index is 349. The van der Waals surface area contributed by atoms with E-state index in [1.54, 1.807) is 0 Å². The summed E-state index contributed by atoms with van der Waals surface area (Å²) in [6, 6.07) is 1.45. The van der Waals surface area contributed by atoms with Crippen LogP contribution in [0.2, 0.25) is 0 Å². The Morgan fingerprint density at radius 2 is 1.81 bits per heavy atom. The molecule has 0 aromatic carbocycles. The van der Waals surface area contributed by atoms with Crippen LogP contribution in [0.4, 0.5) is 0 Å². The van der Waals surface area contributed by atoms with Gasteiger partial charge in [-0.1, -0.05) is 26.7 Å². The molecule has 2 N–H and O–H groups in total. The van der Waals surface area contributed by atoms with Crippen LogP contribution in [0.5, 0.6) is 0 Å². The van der Waals surface area contributed by atoms with Gasteiger partial charge < -0.3 is 10.6 Å². The molecule has 120 valence electrons. The maximum absolute atomic E-state index is 12.3. The molecular formula is C15H27N3O2S. The van der Waals surface area contributed by atoms with Crippen LogP contribution in [0.25, 0.3) is 0 Å². The quantitative estimate of drug-likeness (QED) is 0.572. The molecule has 0 saturated heterocycles. The molecule has 0 rings (SSSR count). The van der Waals surface area contributed by atoms with Crippen molar-refractivity contribution in [1.82, 2.24) is 10.6 Å². The summed E-state index contributed by atoms with van der Waals surface area (Å²) in [4.78, 5) is 24.3. The van der Waals surface area contributed by atoms with Crippen molar-refractivity contribution in [2.45, 2.75) is 52.0 Å². The van der Waals surface area contributed by atoms with Crippen LogP contribution in [0.3, 0.4) is 0 Å². The lowest BCUT2D eigenvalue weighted by atomic mass is 9.97. The van der Waals surface area contributed by atoms with Crippen molar-refractivity contribution >= 4 is 23.6 Å². The van der Waals surface area contributed by atoms with Crippen LogP contribution in [-0.4, -0.2) is 36.4 Å². The molecule has 0 aliphatic rings. The van der Waals surface area contributed by atoms with Crippen LogP contribution >= 0.6 is 11.8 Å². The number of rotatable bonds is 11. The van der Waals surface area contributed by atoms with E-state index in [1.165, 1.54) is 11.8 Å². The number of nitrogens with one attached hydrogen (secondary N) is 2. The van der Waals surface area contributed by atoms with Gasteiger partial charge in [-0.2, -0.15) is 17.0 Å². The normalized spacial score (nSPS) is 11.8. The Morgan fingerprint density at radius 3 is 2.29 bits per heavy atom. The Labute approximate surface area is 132 Å². The van der Waals surface area contributed by atoms with Gasteiger partial charge in [0, 0.05) is 18.2 Å². The molecule has 0 bridgehead atoms. The fraction of sp³-hybridized carbons (Fsp3) is 0.800. The zero-order valence-corrected chi connectivity index (χ0v) is 14.1. The molecule has 1 atom stereocenters. The first kappa shape index (κ1) is 19.8. The van der Waals surface area contributed by atoms with Crippen molar-refractivity contribution in [2.75, 3.05) is 18.6 Å². The van der Waals surface area contributed by atoms with Crippen molar-refractivity contribution in [3.63, 3.8) is 0 Å². The van der Waals surface area contributed by atoms with E-state index in [1.807, 2.05) is 12.3 Å². The van der Waals surface area contributed by atoms with E-state index in [4.69, 9.17) is 5.26 Å². The zero-order valence-electron chi connectivity index (χ0n) is 13.3. The monoisotopic (exact) mass is 313 g/mol. The highest BCUT2D eigenvalue weighted by molar-refractivity contribution is 7.98. The summed E-state index contributed by atoms with van der Waals surface area (Å²) < 4.78 is 0. The van der Waals surface area contributed by atoms with Gasteiger partial charge in [0.25, 0.3) is 0 Å². The lowest BCUT2D eigenvalue weighted by molar-refractivity contribution is -0.131. The number of nitriles is 1. The van der Waals surface area contributed by atoms with Gasteiger partial charge in [0.05, 0.1) is 12.5 Å². The smallest absolute Gasteiger partial charge is 0.243 e. The average molecular weight is 313 g/mol. The summed E-state index contributed by atoms with van der Waals surface area (Å²) in [6.45, 7) is 4.44. The summed E-state index contributed by atoms with van der Waals surface area (Å²) >= 11 is 1.52. The number of carbonyl (C=O) groups excluding carboxylic acids is 2. The second-order valence-electron chi connectivity index (χ2n) is 4.99. The molecule has 0 spiro atoms. The first-order valence-corrected chi connectivity index (χ1v) is 8.93. The minimum absolute atomic E-state index is 0.0173. The van der Waals surface area contributed by atoms with E-state index in [0.717, 1.165) is 25.7 Å². The van der Waals surface area contributed by atoms with Crippen molar-refractivity contribution < 1.29 is 9.59 Å². The third-order valence-corrected chi connectivity index (χ3v) is 3.81. The maximum Gasteiger partial charge on any atom is 0.243 e. The van der Waals surface area contributed by atoms with Gasteiger partial charge in [-0.25, -0.2) is 0 Å². The van der Waals surface area contributed by atoms with Gasteiger partial charge >= 0.3 is 0 Å². The molecule has 0 fully saturated rings. The van der Waals surface area contributed by atoms with Crippen molar-refractivity contribution in [3.8, 4) is 6.07 Å². The molecule has 0 aliphatic heterocycles. The van der Waals surface area contributed by atoms with Crippen LogP contribution in [0, 0.1) is 17.2 Å². The fourth-order valence-electron chi connectivity index (χ4n) is 2.11. The SMILES string of the molecule is CCCC(CCC)C(=O)NC(CSC)C(=O)NCCC#N. The molecule has 21 heavy (non-hydrogen) atoms. The van der Waals surface area contributed by atoms with E-state index in [9.17, 15) is 9.59 Å². The summed E-state index contributed by atoms with van der Waals surface area (Å²) in [5, 5.41) is 14.0. The Morgan fingerprint density at radius 1 is 1.19 bits per heavy atom. The van der Waals surface area contributed by atoms with Crippen LogP contribution in [0.15, 0.2) is 0 Å². The molecule has 0 heterocycles. The van der Waals surface area contributed by atoms with E-state index < -0.39 is 6.04 Å². The number of hydrogen-bond donors (Lipinski definition) is 2. The predicted molar refractivity (Wildman–Crippen MR) is 86.9 cm³/mol. The molecule has 0 aromatic rings. The summed E-state index contributed by atoms with van der Waals surface area (Å²) in [7, 11) is 0. The highest BCUT2D eigenvalue weighted by atomic mass is 32.2. The highest BCUT2D eigenvalue weighted by Gasteiger charge is 2.24. The third-order valence-electron chi connectivity index (χ3n) is 3.15. The number of nitrogens with zero attached hydrogens (tertiary/aromatic N) is 1. The van der Waals surface area contributed by atoms with E-state index in [2.05, 4.69) is 24.5 Å². The maximum atomic E-state index is 12.3. The topological polar surface area (TPSA) is 82.0 Å². The lowest BCUT2D eigenvalue weighted by Crippen LogP contribution is -2.50. The Balaban J connectivity index is 4.55. The second-order valence-corrected chi connectivity index (χ2v) is 5.90. The molecular weight excluding hydrogens is 286 g/mol. The molecule has 6 heteroatoms. The largest absolute Gasteiger partial charge is 0.353 e. The molecule has 2 amide bonds. The molecule has 0 aliphatic carbocycles. The van der Waals surface area contributed by atoms with Crippen molar-refractivity contribution in [2.24, 2.45) is 5.92 Å². The highest BCUT2D eigenvalue weighted by Crippen LogP contribution is 2.14.